The normalized spacial score (nSPS) is 18.9. The van der Waals surface area contributed by atoms with E-state index in [0.717, 1.165) is 6.26 Å². The van der Waals surface area contributed by atoms with Gasteiger partial charge in [0.1, 0.15) is 24.3 Å². The van der Waals surface area contributed by atoms with Gasteiger partial charge < -0.3 is 10.1 Å². The molecular formula is C20H26ClN5O6S. The number of aromatic nitrogens is 3. The average molecular weight is 500 g/mol. The van der Waals surface area contributed by atoms with E-state index in [1.54, 1.807) is 39.0 Å². The molecule has 1 fully saturated rings. The lowest BCUT2D eigenvalue weighted by Crippen LogP contribution is -2.47. The number of hydrogen-bond donors (Lipinski definition) is 1. The van der Waals surface area contributed by atoms with E-state index < -0.39 is 39.9 Å². The highest BCUT2D eigenvalue weighted by atomic mass is 35.5. The number of carbonyl (C=O) groups excluding carboxylic acids is 2. The number of likely N-dealkylation sites (tertiary alicyclic amines) is 1. The zero-order chi connectivity index (χ0) is 24.4. The van der Waals surface area contributed by atoms with E-state index in [4.69, 9.17) is 20.5 Å². The van der Waals surface area contributed by atoms with Crippen molar-refractivity contribution in [1.29, 1.82) is 0 Å². The molecule has 2 heterocycles. The molecule has 1 aromatic heterocycles. The van der Waals surface area contributed by atoms with Gasteiger partial charge in [-0.05, 0) is 44.5 Å². The minimum absolute atomic E-state index is 0.00360. The van der Waals surface area contributed by atoms with Gasteiger partial charge in [0.05, 0.1) is 24.6 Å². The summed E-state index contributed by atoms with van der Waals surface area (Å²) >= 11 is 6.13. The molecule has 1 aromatic carbocycles. The van der Waals surface area contributed by atoms with Crippen molar-refractivity contribution in [2.45, 2.75) is 51.5 Å². The zero-order valence-corrected chi connectivity index (χ0v) is 20.3. The summed E-state index contributed by atoms with van der Waals surface area (Å²) in [6, 6.07) is 4.16. The van der Waals surface area contributed by atoms with E-state index in [2.05, 4.69) is 15.4 Å². The summed E-state index contributed by atoms with van der Waals surface area (Å²) in [6.45, 7) is 5.09. The molecule has 3 rings (SSSR count). The predicted octanol–water partition coefficient (Wildman–Crippen LogP) is 1.89. The molecule has 0 unspecified atom stereocenters. The number of benzene rings is 1. The zero-order valence-electron chi connectivity index (χ0n) is 18.7. The highest BCUT2D eigenvalue weighted by Gasteiger charge is 2.43. The minimum atomic E-state index is -3.77. The maximum absolute atomic E-state index is 13.1. The summed E-state index contributed by atoms with van der Waals surface area (Å²) in [5, 5.41) is 7.36. The fourth-order valence-corrected chi connectivity index (χ4v) is 4.27. The van der Waals surface area contributed by atoms with E-state index in [1.165, 1.54) is 22.2 Å². The van der Waals surface area contributed by atoms with Crippen LogP contribution >= 0.6 is 11.6 Å². The van der Waals surface area contributed by atoms with Crippen LogP contribution in [0.3, 0.4) is 0 Å². The van der Waals surface area contributed by atoms with E-state index in [1.807, 2.05) is 0 Å². The van der Waals surface area contributed by atoms with Crippen LogP contribution in [-0.4, -0.2) is 70.6 Å². The van der Waals surface area contributed by atoms with Crippen LogP contribution in [0.5, 0.6) is 0 Å². The highest BCUT2D eigenvalue weighted by molar-refractivity contribution is 7.86. The molecule has 0 saturated carbocycles. The van der Waals surface area contributed by atoms with Gasteiger partial charge in [0, 0.05) is 18.0 Å². The first-order valence-electron chi connectivity index (χ1n) is 10.1. The Morgan fingerprint density at radius 3 is 2.64 bits per heavy atom. The third-order valence-corrected chi connectivity index (χ3v) is 5.52. The first-order chi connectivity index (χ1) is 15.3. The maximum atomic E-state index is 13.1. The molecule has 0 radical (unpaired) electrons. The summed E-state index contributed by atoms with van der Waals surface area (Å²) in [7, 11) is -3.77. The molecule has 2 atom stereocenters. The topological polar surface area (TPSA) is 133 Å². The lowest BCUT2D eigenvalue weighted by atomic mass is 10.1. The number of hydrogen-bond acceptors (Lipinski definition) is 8. The van der Waals surface area contributed by atoms with Crippen LogP contribution in [0.4, 0.5) is 4.79 Å². The van der Waals surface area contributed by atoms with Crippen LogP contribution < -0.4 is 5.32 Å². The van der Waals surface area contributed by atoms with Crippen molar-refractivity contribution in [3.8, 4) is 5.69 Å². The number of ether oxygens (including phenoxy) is 1. The van der Waals surface area contributed by atoms with Gasteiger partial charge >= 0.3 is 6.09 Å². The molecule has 1 aliphatic heterocycles. The van der Waals surface area contributed by atoms with Crippen LogP contribution in [0, 0.1) is 0 Å². The summed E-state index contributed by atoms with van der Waals surface area (Å²) in [5.74, 6) is -0.482. The lowest BCUT2D eigenvalue weighted by Gasteiger charge is -2.28. The van der Waals surface area contributed by atoms with Gasteiger partial charge in [0.25, 0.3) is 10.1 Å². The Labute approximate surface area is 197 Å². The Kier molecular flexibility index (Phi) is 7.29. The van der Waals surface area contributed by atoms with Crippen molar-refractivity contribution in [3.63, 3.8) is 0 Å². The van der Waals surface area contributed by atoms with Crippen LogP contribution in [0.2, 0.25) is 5.02 Å². The molecule has 11 nitrogen and oxygen atoms in total. The van der Waals surface area contributed by atoms with Gasteiger partial charge in [-0.15, -0.1) is 0 Å². The molecule has 2 amide bonds. The second kappa shape index (κ2) is 9.65. The molecule has 13 heteroatoms. The van der Waals surface area contributed by atoms with Crippen molar-refractivity contribution >= 4 is 33.7 Å². The molecule has 2 aromatic rings. The quantitative estimate of drug-likeness (QED) is 0.596. The van der Waals surface area contributed by atoms with Crippen LogP contribution in [0.25, 0.3) is 5.69 Å². The fraction of sp³-hybridized carbons (Fsp3) is 0.500. The minimum Gasteiger partial charge on any atom is -0.444 e. The van der Waals surface area contributed by atoms with Crippen LogP contribution in [0.15, 0.2) is 30.9 Å². The van der Waals surface area contributed by atoms with Gasteiger partial charge in [-0.1, -0.05) is 11.6 Å². The standard InChI is InChI=1S/C20H26ClN5O6S/c1-20(2,3)31-19(28)25-10-15(32-33(4,29)30)8-17(25)18(27)23-9-13-7-14(21)5-6-16(13)26-12-22-11-24-26/h5-7,11-12,15,17H,8-10H2,1-4H3,(H,23,27)/t15-,17+/m1/s1. The van der Waals surface area contributed by atoms with Gasteiger partial charge in [-0.2, -0.15) is 13.5 Å². The van der Waals surface area contributed by atoms with Crippen molar-refractivity contribution in [3.05, 3.63) is 41.4 Å². The number of halogens is 1. The van der Waals surface area contributed by atoms with Crippen molar-refractivity contribution < 1.29 is 26.9 Å². The predicted molar refractivity (Wildman–Crippen MR) is 119 cm³/mol. The van der Waals surface area contributed by atoms with E-state index >= 15 is 0 Å². The maximum Gasteiger partial charge on any atom is 0.411 e. The molecule has 0 aliphatic carbocycles. The third-order valence-electron chi connectivity index (χ3n) is 4.66. The monoisotopic (exact) mass is 499 g/mol. The molecule has 1 N–H and O–H groups in total. The number of nitrogens with one attached hydrogen (secondary N) is 1. The van der Waals surface area contributed by atoms with E-state index in [0.29, 0.717) is 16.3 Å². The Balaban J connectivity index is 1.77. The molecule has 1 saturated heterocycles. The lowest BCUT2D eigenvalue weighted by molar-refractivity contribution is -0.125. The van der Waals surface area contributed by atoms with Crippen LogP contribution in [-0.2, 0) is 30.4 Å². The summed E-state index contributed by atoms with van der Waals surface area (Å²) in [4.78, 5) is 30.9. The fourth-order valence-electron chi connectivity index (χ4n) is 3.44. The first-order valence-corrected chi connectivity index (χ1v) is 12.3. The second-order valence-corrected chi connectivity index (χ2v) is 10.7. The van der Waals surface area contributed by atoms with Gasteiger partial charge in [-0.3, -0.25) is 13.9 Å². The number of rotatable bonds is 6. The summed E-state index contributed by atoms with van der Waals surface area (Å²) in [6.07, 6.45) is 2.24. The molecule has 33 heavy (non-hydrogen) atoms. The van der Waals surface area contributed by atoms with E-state index in [-0.39, 0.29) is 19.5 Å². The molecule has 1 aliphatic rings. The molecule has 180 valence electrons. The second-order valence-electron chi connectivity index (χ2n) is 8.64. The Hall–Kier alpha value is -2.70. The van der Waals surface area contributed by atoms with Gasteiger partial charge in [-0.25, -0.2) is 14.5 Å². The van der Waals surface area contributed by atoms with Crippen LogP contribution in [0.1, 0.15) is 32.8 Å². The largest absolute Gasteiger partial charge is 0.444 e. The number of carbonyl (C=O) groups is 2. The summed E-state index contributed by atoms with van der Waals surface area (Å²) in [5.41, 5.74) is 0.555. The smallest absolute Gasteiger partial charge is 0.411 e. The first kappa shape index (κ1) is 24.9. The molecule has 0 spiro atoms. The van der Waals surface area contributed by atoms with Crippen molar-refractivity contribution in [1.82, 2.24) is 25.0 Å². The molecule has 0 bridgehead atoms. The van der Waals surface area contributed by atoms with E-state index in [9.17, 15) is 18.0 Å². The van der Waals surface area contributed by atoms with Gasteiger partial charge in [0.2, 0.25) is 5.91 Å². The third kappa shape index (κ3) is 6.89. The van der Waals surface area contributed by atoms with Crippen molar-refractivity contribution in [2.75, 3.05) is 12.8 Å². The average Bonchev–Trinajstić information content (AvgIpc) is 3.33. The Morgan fingerprint density at radius 2 is 2.03 bits per heavy atom. The molecular weight excluding hydrogens is 474 g/mol. The Bertz CT molecular complexity index is 1120. The van der Waals surface area contributed by atoms with Crippen molar-refractivity contribution in [2.24, 2.45) is 0 Å². The number of amides is 2. The number of nitrogens with zero attached hydrogens (tertiary/aromatic N) is 4. The SMILES string of the molecule is CC(C)(C)OC(=O)N1C[C@H](OS(C)(=O)=O)C[C@H]1C(=O)NCc1cc(Cl)ccc1-n1cncn1. The van der Waals surface area contributed by atoms with Gasteiger partial charge in [0.15, 0.2) is 0 Å². The summed E-state index contributed by atoms with van der Waals surface area (Å²) < 4.78 is 35.1. The highest BCUT2D eigenvalue weighted by Crippen LogP contribution is 2.25. The Morgan fingerprint density at radius 1 is 1.30 bits per heavy atom.